The van der Waals surface area contributed by atoms with Crippen LogP contribution in [-0.4, -0.2) is 50.8 Å². The average molecular weight is 324 g/mol. The maximum absolute atomic E-state index is 12.7. The Morgan fingerprint density at radius 1 is 1.05 bits per heavy atom. The van der Waals surface area contributed by atoms with E-state index in [4.69, 9.17) is 0 Å². The second-order valence-electron chi connectivity index (χ2n) is 7.37. The summed E-state index contributed by atoms with van der Waals surface area (Å²) in [5, 5.41) is 0. The van der Waals surface area contributed by atoms with Crippen LogP contribution >= 0.6 is 0 Å². The predicted molar refractivity (Wildman–Crippen MR) is 90.6 cm³/mol. The van der Waals surface area contributed by atoms with Gasteiger partial charge in [0.05, 0.1) is 4.90 Å². The SMILES string of the molecule is CN(C)C1CCN(S(=O)(=O)c2ccc(C(C)(C)C)cc2)CC1. The van der Waals surface area contributed by atoms with Gasteiger partial charge in [-0.05, 0) is 50.0 Å². The van der Waals surface area contributed by atoms with E-state index in [1.807, 2.05) is 12.1 Å². The van der Waals surface area contributed by atoms with Crippen molar-refractivity contribution in [3.05, 3.63) is 29.8 Å². The van der Waals surface area contributed by atoms with Gasteiger partial charge in [0.15, 0.2) is 0 Å². The number of piperidine rings is 1. The Balaban J connectivity index is 2.14. The molecular formula is C17H28N2O2S. The summed E-state index contributed by atoms with van der Waals surface area (Å²) in [6.07, 6.45) is 1.79. The topological polar surface area (TPSA) is 40.6 Å². The minimum Gasteiger partial charge on any atom is -0.306 e. The van der Waals surface area contributed by atoms with Gasteiger partial charge in [-0.15, -0.1) is 0 Å². The maximum Gasteiger partial charge on any atom is 0.243 e. The first-order chi connectivity index (χ1) is 10.1. The van der Waals surface area contributed by atoms with Crippen molar-refractivity contribution in [3.8, 4) is 0 Å². The Morgan fingerprint density at radius 2 is 1.55 bits per heavy atom. The Bertz CT molecular complexity index is 593. The van der Waals surface area contributed by atoms with Gasteiger partial charge < -0.3 is 4.90 Å². The maximum atomic E-state index is 12.7. The van der Waals surface area contributed by atoms with Crippen LogP contribution in [-0.2, 0) is 15.4 Å². The molecule has 1 aromatic carbocycles. The van der Waals surface area contributed by atoms with Crippen LogP contribution in [0.5, 0.6) is 0 Å². The zero-order chi connectivity index (χ0) is 16.5. The lowest BCUT2D eigenvalue weighted by Crippen LogP contribution is -2.44. The lowest BCUT2D eigenvalue weighted by atomic mass is 9.87. The number of benzene rings is 1. The fraction of sp³-hybridized carbons (Fsp3) is 0.647. The van der Waals surface area contributed by atoms with E-state index in [1.165, 1.54) is 0 Å². The van der Waals surface area contributed by atoms with Crippen LogP contribution in [0.1, 0.15) is 39.2 Å². The van der Waals surface area contributed by atoms with Gasteiger partial charge in [0.2, 0.25) is 10.0 Å². The van der Waals surface area contributed by atoms with Crippen molar-refractivity contribution in [1.29, 1.82) is 0 Å². The van der Waals surface area contributed by atoms with Crippen molar-refractivity contribution in [2.75, 3.05) is 27.2 Å². The molecule has 0 aliphatic carbocycles. The van der Waals surface area contributed by atoms with Crippen LogP contribution < -0.4 is 0 Å². The van der Waals surface area contributed by atoms with Gasteiger partial charge >= 0.3 is 0 Å². The lowest BCUT2D eigenvalue weighted by Gasteiger charge is -2.34. The van der Waals surface area contributed by atoms with Gasteiger partial charge in [-0.3, -0.25) is 0 Å². The zero-order valence-corrected chi connectivity index (χ0v) is 15.2. The molecule has 5 heteroatoms. The third-order valence-electron chi connectivity index (χ3n) is 4.51. The molecule has 1 aromatic rings. The summed E-state index contributed by atoms with van der Waals surface area (Å²) in [4.78, 5) is 2.59. The Hall–Kier alpha value is -0.910. The molecule has 4 nitrogen and oxygen atoms in total. The molecule has 1 heterocycles. The van der Waals surface area contributed by atoms with Crippen molar-refractivity contribution in [3.63, 3.8) is 0 Å². The van der Waals surface area contributed by atoms with Gasteiger partial charge in [-0.2, -0.15) is 4.31 Å². The fourth-order valence-electron chi connectivity index (χ4n) is 2.87. The highest BCUT2D eigenvalue weighted by molar-refractivity contribution is 7.89. The van der Waals surface area contributed by atoms with Crippen molar-refractivity contribution in [2.45, 2.75) is 50.0 Å². The van der Waals surface area contributed by atoms with E-state index < -0.39 is 10.0 Å². The van der Waals surface area contributed by atoms with E-state index in [2.05, 4.69) is 39.8 Å². The smallest absolute Gasteiger partial charge is 0.243 e. The molecule has 1 aliphatic heterocycles. The standard InChI is InChI=1S/C17H28N2O2S/c1-17(2,3)14-6-8-16(9-7-14)22(20,21)19-12-10-15(11-13-19)18(4)5/h6-9,15H,10-13H2,1-5H3. The molecule has 0 bridgehead atoms. The third-order valence-corrected chi connectivity index (χ3v) is 6.42. The van der Waals surface area contributed by atoms with E-state index in [1.54, 1.807) is 16.4 Å². The summed E-state index contributed by atoms with van der Waals surface area (Å²) in [6.45, 7) is 7.59. The van der Waals surface area contributed by atoms with Crippen LogP contribution in [0.25, 0.3) is 0 Å². The van der Waals surface area contributed by atoms with E-state index in [0.29, 0.717) is 24.0 Å². The van der Waals surface area contributed by atoms with E-state index >= 15 is 0 Å². The first-order valence-electron chi connectivity index (χ1n) is 7.89. The molecule has 0 radical (unpaired) electrons. The Morgan fingerprint density at radius 3 is 1.95 bits per heavy atom. The van der Waals surface area contributed by atoms with E-state index in [-0.39, 0.29) is 5.41 Å². The first-order valence-corrected chi connectivity index (χ1v) is 9.33. The number of sulfonamides is 1. The van der Waals surface area contributed by atoms with Gasteiger partial charge in [0, 0.05) is 19.1 Å². The minimum absolute atomic E-state index is 0.0341. The molecule has 1 saturated heterocycles. The van der Waals surface area contributed by atoms with Crippen molar-refractivity contribution in [2.24, 2.45) is 0 Å². The molecule has 1 aliphatic rings. The second kappa shape index (κ2) is 6.30. The molecule has 0 amide bonds. The van der Waals surface area contributed by atoms with Crippen molar-refractivity contribution < 1.29 is 8.42 Å². The summed E-state index contributed by atoms with van der Waals surface area (Å²) in [5.74, 6) is 0. The number of rotatable bonds is 3. The fourth-order valence-corrected chi connectivity index (χ4v) is 4.34. The summed E-state index contributed by atoms with van der Waals surface area (Å²) in [5.41, 5.74) is 1.18. The molecule has 0 unspecified atom stereocenters. The number of hydrogen-bond donors (Lipinski definition) is 0. The van der Waals surface area contributed by atoms with E-state index in [9.17, 15) is 8.42 Å². The normalized spacial score (nSPS) is 18.8. The molecule has 0 saturated carbocycles. The Labute approximate surface area is 135 Å². The number of hydrogen-bond acceptors (Lipinski definition) is 3. The van der Waals surface area contributed by atoms with Crippen LogP contribution in [0.3, 0.4) is 0 Å². The molecule has 124 valence electrons. The van der Waals surface area contributed by atoms with Crippen molar-refractivity contribution >= 4 is 10.0 Å². The summed E-state index contributed by atoms with van der Waals surface area (Å²) >= 11 is 0. The average Bonchev–Trinajstić information content (AvgIpc) is 2.46. The van der Waals surface area contributed by atoms with Crippen LogP contribution in [0.15, 0.2) is 29.2 Å². The van der Waals surface area contributed by atoms with Crippen molar-refractivity contribution in [1.82, 2.24) is 9.21 Å². The third kappa shape index (κ3) is 3.70. The highest BCUT2D eigenvalue weighted by Gasteiger charge is 2.30. The minimum atomic E-state index is -3.36. The Kier molecular flexibility index (Phi) is 5.00. The highest BCUT2D eigenvalue weighted by atomic mass is 32.2. The first kappa shape index (κ1) is 17.4. The predicted octanol–water partition coefficient (Wildman–Crippen LogP) is 2.70. The lowest BCUT2D eigenvalue weighted by molar-refractivity contribution is 0.196. The monoisotopic (exact) mass is 324 g/mol. The molecule has 1 fully saturated rings. The van der Waals surface area contributed by atoms with Crippen LogP contribution in [0.2, 0.25) is 0 Å². The van der Waals surface area contributed by atoms with Gasteiger partial charge in [-0.25, -0.2) is 8.42 Å². The highest BCUT2D eigenvalue weighted by Crippen LogP contribution is 2.26. The van der Waals surface area contributed by atoms with Gasteiger partial charge in [0.1, 0.15) is 0 Å². The summed E-state index contributed by atoms with van der Waals surface area (Å²) in [7, 11) is 0.753. The van der Waals surface area contributed by atoms with Gasteiger partial charge in [-0.1, -0.05) is 32.9 Å². The summed E-state index contributed by atoms with van der Waals surface area (Å²) < 4.78 is 27.1. The summed E-state index contributed by atoms with van der Waals surface area (Å²) in [6, 6.07) is 7.83. The van der Waals surface area contributed by atoms with Gasteiger partial charge in [0.25, 0.3) is 0 Å². The largest absolute Gasteiger partial charge is 0.306 e. The quantitative estimate of drug-likeness (QED) is 0.858. The van der Waals surface area contributed by atoms with Crippen LogP contribution in [0.4, 0.5) is 0 Å². The molecular weight excluding hydrogens is 296 g/mol. The molecule has 0 spiro atoms. The molecule has 22 heavy (non-hydrogen) atoms. The molecule has 0 aromatic heterocycles. The molecule has 0 N–H and O–H groups in total. The zero-order valence-electron chi connectivity index (χ0n) is 14.3. The second-order valence-corrected chi connectivity index (χ2v) is 9.31. The van der Waals surface area contributed by atoms with E-state index in [0.717, 1.165) is 18.4 Å². The molecule has 2 rings (SSSR count). The van der Waals surface area contributed by atoms with Crippen LogP contribution in [0, 0.1) is 0 Å². The number of nitrogens with zero attached hydrogens (tertiary/aromatic N) is 2. The molecule has 0 atom stereocenters.